The van der Waals surface area contributed by atoms with Crippen molar-refractivity contribution in [2.45, 2.75) is 5.60 Å². The molecule has 1 aromatic rings. The lowest BCUT2D eigenvalue weighted by Crippen LogP contribution is -2.56. The van der Waals surface area contributed by atoms with Gasteiger partial charge in [-0.1, -0.05) is 0 Å². The maximum absolute atomic E-state index is 12.7. The maximum atomic E-state index is 12.7. The Bertz CT molecular complexity index is 299. The number of nitrogens with one attached hydrogen (secondary N) is 1. The number of β-amino-alcohol motifs (C(OH)–C–C–N with tert-alkyl or cyclic N) is 1. The lowest BCUT2D eigenvalue weighted by molar-refractivity contribution is -0.0152. The van der Waals surface area contributed by atoms with E-state index in [0.29, 0.717) is 18.7 Å². The molecule has 1 aliphatic rings. The molecule has 0 bridgehead atoms. The van der Waals surface area contributed by atoms with Gasteiger partial charge in [0.1, 0.15) is 11.4 Å². The number of nitrogens with zero attached hydrogens (tertiary/aromatic N) is 1. The Kier molecular flexibility index (Phi) is 1.59. The minimum absolute atomic E-state index is 0.409. The summed E-state index contributed by atoms with van der Waals surface area (Å²) >= 11 is 0. The third kappa shape index (κ3) is 1.09. The number of aromatic nitrogens is 1. The van der Waals surface area contributed by atoms with Crippen LogP contribution in [0, 0.1) is 5.82 Å². The van der Waals surface area contributed by atoms with E-state index in [-0.39, 0.29) is 0 Å². The average molecular weight is 168 g/mol. The Balaban J connectivity index is 2.33. The molecule has 0 aliphatic carbocycles. The first-order valence-electron chi connectivity index (χ1n) is 3.75. The number of hydrogen-bond acceptors (Lipinski definition) is 3. The minimum Gasteiger partial charge on any atom is -0.382 e. The number of aliphatic hydroxyl groups is 1. The molecule has 0 aromatic carbocycles. The zero-order valence-corrected chi connectivity index (χ0v) is 6.42. The number of halogens is 1. The van der Waals surface area contributed by atoms with Crippen LogP contribution in [-0.4, -0.2) is 23.2 Å². The predicted molar refractivity (Wildman–Crippen MR) is 41.0 cm³/mol. The summed E-state index contributed by atoms with van der Waals surface area (Å²) in [4.78, 5) is 3.67. The summed E-state index contributed by atoms with van der Waals surface area (Å²) in [5, 5.41) is 12.7. The summed E-state index contributed by atoms with van der Waals surface area (Å²) in [6.07, 6.45) is 2.61. The molecule has 3 nitrogen and oxygen atoms in total. The van der Waals surface area contributed by atoms with Crippen LogP contribution in [0.4, 0.5) is 4.39 Å². The van der Waals surface area contributed by atoms with Crippen molar-refractivity contribution in [2.24, 2.45) is 0 Å². The molecule has 64 valence electrons. The molecule has 0 spiro atoms. The van der Waals surface area contributed by atoms with E-state index in [2.05, 4.69) is 10.3 Å². The van der Waals surface area contributed by atoms with Crippen LogP contribution in [0.25, 0.3) is 0 Å². The highest BCUT2D eigenvalue weighted by Crippen LogP contribution is 2.24. The summed E-state index contributed by atoms with van der Waals surface area (Å²) in [6, 6.07) is 1.31. The topological polar surface area (TPSA) is 45.2 Å². The van der Waals surface area contributed by atoms with E-state index in [1.165, 1.54) is 12.3 Å². The smallest absolute Gasteiger partial charge is 0.141 e. The van der Waals surface area contributed by atoms with E-state index in [9.17, 15) is 9.50 Å². The Labute approximate surface area is 69.2 Å². The molecule has 12 heavy (non-hydrogen) atoms. The lowest BCUT2D eigenvalue weighted by atomic mass is 9.89. The molecule has 0 radical (unpaired) electrons. The van der Waals surface area contributed by atoms with Gasteiger partial charge in [0.15, 0.2) is 0 Å². The van der Waals surface area contributed by atoms with Gasteiger partial charge in [0.25, 0.3) is 0 Å². The first-order chi connectivity index (χ1) is 5.71. The van der Waals surface area contributed by atoms with Crippen molar-refractivity contribution in [1.82, 2.24) is 10.3 Å². The largest absolute Gasteiger partial charge is 0.382 e. The van der Waals surface area contributed by atoms with E-state index >= 15 is 0 Å². The number of hydrogen-bond donors (Lipinski definition) is 2. The normalized spacial score (nSPS) is 20.2. The van der Waals surface area contributed by atoms with Crippen LogP contribution < -0.4 is 5.32 Å². The Morgan fingerprint density at radius 3 is 2.75 bits per heavy atom. The molecular formula is C8H9FN2O. The van der Waals surface area contributed by atoms with Gasteiger partial charge in [0.2, 0.25) is 0 Å². The molecule has 0 saturated carbocycles. The van der Waals surface area contributed by atoms with E-state index in [0.717, 1.165) is 6.20 Å². The van der Waals surface area contributed by atoms with E-state index in [4.69, 9.17) is 0 Å². The minimum atomic E-state index is -0.908. The van der Waals surface area contributed by atoms with Gasteiger partial charge in [0.05, 0.1) is 6.20 Å². The molecular weight excluding hydrogens is 159 g/mol. The third-order valence-electron chi connectivity index (χ3n) is 2.08. The van der Waals surface area contributed by atoms with Crippen molar-refractivity contribution in [3.63, 3.8) is 0 Å². The van der Waals surface area contributed by atoms with E-state index in [1.54, 1.807) is 0 Å². The summed E-state index contributed by atoms with van der Waals surface area (Å²) in [5.74, 6) is -0.409. The highest BCUT2D eigenvalue weighted by Gasteiger charge is 2.36. The van der Waals surface area contributed by atoms with Crippen LogP contribution in [0.15, 0.2) is 18.5 Å². The van der Waals surface area contributed by atoms with Crippen LogP contribution in [0.5, 0.6) is 0 Å². The second-order valence-electron chi connectivity index (χ2n) is 3.03. The second kappa shape index (κ2) is 2.50. The SMILES string of the molecule is OC1(c2cncc(F)c2)CNC1. The molecule has 0 amide bonds. The highest BCUT2D eigenvalue weighted by atomic mass is 19.1. The molecule has 2 rings (SSSR count). The van der Waals surface area contributed by atoms with Crippen molar-refractivity contribution >= 4 is 0 Å². The van der Waals surface area contributed by atoms with Crippen LogP contribution in [0.1, 0.15) is 5.56 Å². The predicted octanol–water partition coefficient (Wildman–Crippen LogP) is 0.0115. The monoisotopic (exact) mass is 168 g/mol. The van der Waals surface area contributed by atoms with Crippen molar-refractivity contribution in [1.29, 1.82) is 0 Å². The molecule has 1 fully saturated rings. The lowest BCUT2D eigenvalue weighted by Gasteiger charge is -2.37. The highest BCUT2D eigenvalue weighted by molar-refractivity contribution is 5.22. The number of pyridine rings is 1. The summed E-state index contributed by atoms with van der Waals surface area (Å²) in [7, 11) is 0. The van der Waals surface area contributed by atoms with Gasteiger partial charge in [-0.25, -0.2) is 4.39 Å². The molecule has 2 heterocycles. The van der Waals surface area contributed by atoms with Gasteiger partial charge < -0.3 is 10.4 Å². The second-order valence-corrected chi connectivity index (χ2v) is 3.03. The quantitative estimate of drug-likeness (QED) is 0.621. The fourth-order valence-electron chi connectivity index (χ4n) is 1.23. The molecule has 0 atom stereocenters. The zero-order valence-electron chi connectivity index (χ0n) is 6.42. The molecule has 1 aliphatic heterocycles. The summed E-state index contributed by atoms with van der Waals surface area (Å²) < 4.78 is 12.7. The van der Waals surface area contributed by atoms with Crippen molar-refractivity contribution < 1.29 is 9.50 Å². The standard InChI is InChI=1S/C8H9FN2O/c9-7-1-6(2-10-3-7)8(12)4-11-5-8/h1-3,11-12H,4-5H2. The summed E-state index contributed by atoms with van der Waals surface area (Å²) in [5.41, 5.74) is -0.365. The fraction of sp³-hybridized carbons (Fsp3) is 0.375. The van der Waals surface area contributed by atoms with Gasteiger partial charge in [0, 0.05) is 24.8 Å². The first kappa shape index (κ1) is 7.64. The molecule has 2 N–H and O–H groups in total. The van der Waals surface area contributed by atoms with Crippen molar-refractivity contribution in [2.75, 3.05) is 13.1 Å². The number of rotatable bonds is 1. The van der Waals surface area contributed by atoms with Crippen LogP contribution in [0.2, 0.25) is 0 Å². The average Bonchev–Trinajstić information content (AvgIpc) is 2.00. The fourth-order valence-corrected chi connectivity index (χ4v) is 1.23. The van der Waals surface area contributed by atoms with Gasteiger partial charge in [-0.3, -0.25) is 4.98 Å². The molecule has 1 aromatic heterocycles. The zero-order chi connectivity index (χ0) is 8.60. The van der Waals surface area contributed by atoms with E-state index in [1.807, 2.05) is 0 Å². The van der Waals surface area contributed by atoms with Crippen molar-refractivity contribution in [3.05, 3.63) is 29.8 Å². The summed E-state index contributed by atoms with van der Waals surface area (Å²) in [6.45, 7) is 0.941. The van der Waals surface area contributed by atoms with Crippen LogP contribution in [-0.2, 0) is 5.60 Å². The van der Waals surface area contributed by atoms with Gasteiger partial charge >= 0.3 is 0 Å². The van der Waals surface area contributed by atoms with Crippen LogP contribution >= 0.6 is 0 Å². The third-order valence-corrected chi connectivity index (χ3v) is 2.08. The Morgan fingerprint density at radius 1 is 1.50 bits per heavy atom. The van der Waals surface area contributed by atoms with Crippen LogP contribution in [0.3, 0.4) is 0 Å². The molecule has 1 saturated heterocycles. The maximum Gasteiger partial charge on any atom is 0.141 e. The molecule has 0 unspecified atom stereocenters. The van der Waals surface area contributed by atoms with Gasteiger partial charge in [-0.15, -0.1) is 0 Å². The molecule has 4 heteroatoms. The van der Waals surface area contributed by atoms with Crippen molar-refractivity contribution in [3.8, 4) is 0 Å². The Morgan fingerprint density at radius 2 is 2.25 bits per heavy atom. The Hall–Kier alpha value is -1.00. The van der Waals surface area contributed by atoms with E-state index < -0.39 is 11.4 Å². The van der Waals surface area contributed by atoms with Gasteiger partial charge in [-0.05, 0) is 6.07 Å². The first-order valence-corrected chi connectivity index (χ1v) is 3.75. The van der Waals surface area contributed by atoms with Gasteiger partial charge in [-0.2, -0.15) is 0 Å².